The molecule has 0 saturated carbocycles. The van der Waals surface area contributed by atoms with Gasteiger partial charge in [0.05, 0.1) is 23.4 Å². The first-order valence-electron chi connectivity index (χ1n) is 23.4. The number of Topliss-reactive ketones (excluding diaryl/α,β-unsaturated/α-hetero) is 1. The predicted molar refractivity (Wildman–Crippen MR) is 263 cm³/mol. The van der Waals surface area contributed by atoms with E-state index in [1.54, 1.807) is 12.1 Å². The number of rotatable bonds is 19. The van der Waals surface area contributed by atoms with Crippen LogP contribution in [-0.2, 0) is 48.1 Å². The van der Waals surface area contributed by atoms with Crippen molar-refractivity contribution in [1.82, 2.24) is 9.62 Å². The Kier molecular flexibility index (Phi) is 14.2. The van der Waals surface area contributed by atoms with Crippen LogP contribution < -0.4 is 16.0 Å². The highest BCUT2D eigenvalue weighted by molar-refractivity contribution is 7.89. The molecule has 0 radical (unpaired) electrons. The number of ketones is 1. The first-order valence-corrected chi connectivity index (χ1v) is 24.8. The minimum absolute atomic E-state index is 0.0731. The van der Waals surface area contributed by atoms with Gasteiger partial charge in [-0.1, -0.05) is 86.7 Å². The highest BCUT2D eigenvalue weighted by Gasteiger charge is 2.49. The Bertz CT molecular complexity index is 2600. The number of allylic oxidation sites excluding steroid dienone is 8. The third-order valence-electron chi connectivity index (χ3n) is 14.9. The Labute approximate surface area is 392 Å². The molecule has 3 aromatic rings. The summed E-state index contributed by atoms with van der Waals surface area (Å²) >= 11 is 0. The normalized spacial score (nSPS) is 22.6. The van der Waals surface area contributed by atoms with E-state index < -0.39 is 15.4 Å². The van der Waals surface area contributed by atoms with Gasteiger partial charge in [-0.2, -0.15) is 4.58 Å². The van der Waals surface area contributed by atoms with Gasteiger partial charge in [-0.3, -0.25) is 14.4 Å². The first kappa shape index (κ1) is 48.5. The number of benzene rings is 3. The van der Waals surface area contributed by atoms with Crippen molar-refractivity contribution in [2.75, 3.05) is 91.5 Å². The van der Waals surface area contributed by atoms with Crippen molar-refractivity contribution in [3.8, 4) is 0 Å². The smallest absolute Gasteiger partial charge is 0.272 e. The molecule has 0 spiro atoms. The van der Waals surface area contributed by atoms with E-state index in [4.69, 9.17) is 5.73 Å². The maximum atomic E-state index is 13.8. The van der Waals surface area contributed by atoms with E-state index in [-0.39, 0.29) is 53.8 Å². The van der Waals surface area contributed by atoms with E-state index in [9.17, 15) is 22.8 Å². The quantitative estimate of drug-likeness (QED) is 0.0903. The van der Waals surface area contributed by atoms with E-state index in [1.165, 1.54) is 33.9 Å². The van der Waals surface area contributed by atoms with Crippen LogP contribution in [0.2, 0.25) is 0 Å². The molecule has 0 aromatic heterocycles. The number of para-hydroxylation sites is 1. The molecule has 2 amide bonds. The number of piperazine rings is 3. The average Bonchev–Trinajstić information content (AvgIpc) is 3.61. The van der Waals surface area contributed by atoms with Crippen molar-refractivity contribution >= 4 is 44.7 Å². The van der Waals surface area contributed by atoms with E-state index >= 15 is 0 Å². The zero-order valence-electron chi connectivity index (χ0n) is 40.1. The molecule has 13 heteroatoms. The first-order chi connectivity index (χ1) is 31.3. The molecule has 0 unspecified atom stereocenters. The summed E-state index contributed by atoms with van der Waals surface area (Å²) < 4.78 is 33.0. The summed E-state index contributed by atoms with van der Waals surface area (Å²) in [5, 5.41) is 2.72. The van der Waals surface area contributed by atoms with Gasteiger partial charge in [-0.25, -0.2) is 12.7 Å². The SMILES string of the molecule is CN1C(=CC=CC=CC=CC2=[N+](C)c3ccccc3C2(C)C)C(C)(C)c2cc(S(=O)(=O)N(C)CCCC(=O)NCC(=O)Cc3ccc(CC[N+]45CC[N+](CC(N)=O)(CC4)CC5)cc3)ccc21. The number of sulfonamides is 1. The van der Waals surface area contributed by atoms with Gasteiger partial charge in [0.1, 0.15) is 46.3 Å². The number of anilines is 1. The second-order valence-corrected chi connectivity index (χ2v) is 22.0. The summed E-state index contributed by atoms with van der Waals surface area (Å²) in [5.41, 5.74) is 13.9. The Hall–Kier alpha value is -5.47. The predicted octanol–water partition coefficient (Wildman–Crippen LogP) is 5.69. The molecule has 5 aliphatic rings. The molecule has 8 rings (SSSR count). The lowest BCUT2D eigenvalue weighted by Crippen LogP contribution is -2.76. The number of nitrogens with zero attached hydrogens (tertiary/aromatic N) is 5. The number of hydrogen-bond donors (Lipinski definition) is 2. The van der Waals surface area contributed by atoms with E-state index in [1.807, 2.05) is 49.6 Å². The minimum Gasteiger partial charge on any atom is -0.365 e. The lowest BCUT2D eigenvalue weighted by Gasteiger charge is -2.55. The zero-order valence-corrected chi connectivity index (χ0v) is 40.9. The number of nitrogens with one attached hydrogen (secondary N) is 1. The number of carbonyl (C=O) groups is 3. The average molecular weight is 917 g/mol. The molecule has 3 N–H and O–H groups in total. The standard InChI is InChI=1S/C53H68N7O5S/c1-52(2)44-16-13-14-17-46(44)57(6)48(52)18-11-9-8-10-12-19-49-53(3,4)45-37-43(25-26-47(45)58(49)7)66(64,65)56(5)28-15-20-51(63)55-38-42(61)36-41-23-21-40(22-24-41)27-29-59-30-33-60(34-31-59,35-32-59)39-50(54)62/h8-14,16-19,21-26,37H,15,20,27-36,38-39H2,1-7H3,(H-2,54,55,62,63)/q+1/p+2. The fourth-order valence-corrected chi connectivity index (χ4v) is 11.9. The van der Waals surface area contributed by atoms with Gasteiger partial charge in [0.2, 0.25) is 21.6 Å². The molecule has 3 fully saturated rings. The van der Waals surface area contributed by atoms with Crippen LogP contribution in [0.5, 0.6) is 0 Å². The fraction of sp³-hybridized carbons (Fsp3) is 0.434. The van der Waals surface area contributed by atoms with Gasteiger partial charge in [-0.15, -0.1) is 0 Å². The number of quaternary nitrogens is 2. The van der Waals surface area contributed by atoms with Crippen LogP contribution in [0.15, 0.2) is 120 Å². The van der Waals surface area contributed by atoms with Crippen molar-refractivity contribution in [2.24, 2.45) is 5.73 Å². The van der Waals surface area contributed by atoms with Crippen LogP contribution in [0, 0.1) is 0 Å². The Balaban J connectivity index is 0.838. The number of carbonyl (C=O) groups excluding carboxylic acids is 3. The molecule has 5 heterocycles. The van der Waals surface area contributed by atoms with Crippen LogP contribution in [0.1, 0.15) is 62.8 Å². The second kappa shape index (κ2) is 19.4. The number of fused-ring (bicyclic) bond motifs is 5. The highest BCUT2D eigenvalue weighted by Crippen LogP contribution is 2.48. The third-order valence-corrected chi connectivity index (χ3v) is 16.8. The number of nitrogens with two attached hydrogens (primary N) is 1. The van der Waals surface area contributed by atoms with Crippen molar-refractivity contribution in [3.05, 3.63) is 137 Å². The molecular formula is C53H70N7O5S+3. The molecule has 2 bridgehead atoms. The van der Waals surface area contributed by atoms with Crippen LogP contribution in [0.25, 0.3) is 0 Å². The summed E-state index contributed by atoms with van der Waals surface area (Å²) in [6, 6.07) is 22.0. The molecule has 350 valence electrons. The molecule has 3 saturated heterocycles. The van der Waals surface area contributed by atoms with Gasteiger partial charge in [0, 0.05) is 74.4 Å². The topological polar surface area (TPSA) is 133 Å². The largest absolute Gasteiger partial charge is 0.365 e. The number of likely N-dealkylation sites (N-methyl/N-ethyl adjacent to an activating group) is 1. The number of hydrogen-bond acceptors (Lipinski definition) is 6. The minimum atomic E-state index is -3.83. The number of amides is 2. The molecule has 12 nitrogen and oxygen atoms in total. The van der Waals surface area contributed by atoms with Crippen LogP contribution >= 0.6 is 0 Å². The van der Waals surface area contributed by atoms with Crippen molar-refractivity contribution in [1.29, 1.82) is 0 Å². The molecule has 3 aromatic carbocycles. The second-order valence-electron chi connectivity index (χ2n) is 20.0. The lowest BCUT2D eigenvalue weighted by atomic mass is 9.81. The molecule has 5 aliphatic heterocycles. The highest BCUT2D eigenvalue weighted by atomic mass is 32.2. The Morgan fingerprint density at radius 3 is 2.15 bits per heavy atom. The van der Waals surface area contributed by atoms with Crippen molar-refractivity contribution in [2.45, 2.75) is 69.1 Å². The Morgan fingerprint density at radius 1 is 0.833 bits per heavy atom. The molecule has 66 heavy (non-hydrogen) atoms. The van der Waals surface area contributed by atoms with Crippen molar-refractivity contribution < 1.29 is 36.3 Å². The van der Waals surface area contributed by atoms with Crippen molar-refractivity contribution in [3.63, 3.8) is 0 Å². The van der Waals surface area contributed by atoms with Gasteiger partial charge in [0.25, 0.3) is 5.91 Å². The third kappa shape index (κ3) is 10.2. The summed E-state index contributed by atoms with van der Waals surface area (Å²) in [6.45, 7) is 16.6. The maximum Gasteiger partial charge on any atom is 0.272 e. The molecular weight excluding hydrogens is 847 g/mol. The van der Waals surface area contributed by atoms with E-state index in [0.29, 0.717) is 13.0 Å². The summed E-state index contributed by atoms with van der Waals surface area (Å²) in [7, 11) is 1.83. The summed E-state index contributed by atoms with van der Waals surface area (Å²) in [6.07, 6.45) is 16.0. The molecule has 0 aliphatic carbocycles. The maximum absolute atomic E-state index is 13.8. The van der Waals surface area contributed by atoms with E-state index in [2.05, 4.69) is 104 Å². The summed E-state index contributed by atoms with van der Waals surface area (Å²) in [4.78, 5) is 39.4. The van der Waals surface area contributed by atoms with Crippen LogP contribution in [0.3, 0.4) is 0 Å². The molecule has 0 atom stereocenters. The van der Waals surface area contributed by atoms with Crippen LogP contribution in [-0.4, -0.2) is 136 Å². The van der Waals surface area contributed by atoms with Crippen LogP contribution in [0.4, 0.5) is 11.4 Å². The number of primary amides is 1. The lowest BCUT2D eigenvalue weighted by molar-refractivity contribution is -1.08. The summed E-state index contributed by atoms with van der Waals surface area (Å²) in [5.74, 6) is -0.580. The monoisotopic (exact) mass is 917 g/mol. The van der Waals surface area contributed by atoms with Gasteiger partial charge in [0.15, 0.2) is 18.0 Å². The van der Waals surface area contributed by atoms with Gasteiger partial charge < -0.3 is 24.9 Å². The Morgan fingerprint density at radius 2 is 1.47 bits per heavy atom. The van der Waals surface area contributed by atoms with E-state index in [0.717, 1.165) is 83.7 Å². The van der Waals surface area contributed by atoms with Gasteiger partial charge in [-0.05, 0) is 61.2 Å². The zero-order chi connectivity index (χ0) is 47.5. The van der Waals surface area contributed by atoms with Gasteiger partial charge >= 0.3 is 0 Å². The fourth-order valence-electron chi connectivity index (χ4n) is 10.6.